The van der Waals surface area contributed by atoms with Gasteiger partial charge in [0.2, 0.25) is 0 Å². The van der Waals surface area contributed by atoms with Gasteiger partial charge in [-0.2, -0.15) is 0 Å². The fourth-order valence-corrected chi connectivity index (χ4v) is 3.10. The van der Waals surface area contributed by atoms with E-state index in [0.717, 1.165) is 16.3 Å². The summed E-state index contributed by atoms with van der Waals surface area (Å²) in [6.07, 6.45) is 1.49. The molecule has 24 heavy (non-hydrogen) atoms. The molecular formula is C18H18N2O3S. The average Bonchev–Trinajstić information content (AvgIpc) is 3.24. The highest BCUT2D eigenvalue weighted by Gasteiger charge is 2.27. The molecule has 1 atom stereocenters. The Balaban J connectivity index is 1.71. The van der Waals surface area contributed by atoms with Gasteiger partial charge in [-0.05, 0) is 38.1 Å². The number of thiazole rings is 1. The van der Waals surface area contributed by atoms with Gasteiger partial charge in [-0.15, -0.1) is 11.3 Å². The van der Waals surface area contributed by atoms with Gasteiger partial charge in [0.05, 0.1) is 12.8 Å². The van der Waals surface area contributed by atoms with Crippen LogP contribution in [0.25, 0.3) is 10.6 Å². The summed E-state index contributed by atoms with van der Waals surface area (Å²) in [5.74, 6) is 0.159. The number of nitrogens with one attached hydrogen (secondary N) is 1. The van der Waals surface area contributed by atoms with Gasteiger partial charge in [-0.25, -0.2) is 4.98 Å². The lowest BCUT2D eigenvalue weighted by Crippen LogP contribution is -2.38. The molecular weight excluding hydrogens is 324 g/mol. The minimum absolute atomic E-state index is 0.0555. The molecule has 0 spiro atoms. The van der Waals surface area contributed by atoms with Crippen LogP contribution in [0.3, 0.4) is 0 Å². The highest BCUT2D eigenvalue weighted by atomic mass is 32.1. The SMILES string of the molecule is Cc1csc(-c2cccc(C(=O)NCC(C)(O)c3ccco3)c2)n1. The lowest BCUT2D eigenvalue weighted by atomic mass is 10.0. The number of aryl methyl sites for hydroxylation is 1. The molecule has 6 heteroatoms. The average molecular weight is 342 g/mol. The van der Waals surface area contributed by atoms with Gasteiger partial charge in [0.1, 0.15) is 16.4 Å². The fourth-order valence-electron chi connectivity index (χ4n) is 2.31. The monoisotopic (exact) mass is 342 g/mol. The molecule has 3 rings (SSSR count). The number of furan rings is 1. The Kier molecular flexibility index (Phi) is 4.51. The lowest BCUT2D eigenvalue weighted by molar-refractivity contribution is 0.0330. The third kappa shape index (κ3) is 3.55. The smallest absolute Gasteiger partial charge is 0.251 e. The van der Waals surface area contributed by atoms with Crippen LogP contribution in [-0.4, -0.2) is 22.5 Å². The Morgan fingerprint density at radius 1 is 1.38 bits per heavy atom. The van der Waals surface area contributed by atoms with Crippen molar-refractivity contribution in [2.75, 3.05) is 6.54 Å². The molecule has 0 radical (unpaired) electrons. The molecule has 0 aliphatic rings. The normalized spacial score (nSPS) is 13.5. The van der Waals surface area contributed by atoms with Crippen LogP contribution in [0, 0.1) is 6.92 Å². The molecule has 2 aromatic heterocycles. The zero-order chi connectivity index (χ0) is 17.2. The Bertz CT molecular complexity index is 838. The van der Waals surface area contributed by atoms with Crippen molar-refractivity contribution in [3.63, 3.8) is 0 Å². The van der Waals surface area contributed by atoms with Crippen molar-refractivity contribution >= 4 is 17.2 Å². The minimum Gasteiger partial charge on any atom is -0.466 e. The van der Waals surface area contributed by atoms with E-state index in [1.165, 1.54) is 6.26 Å². The predicted molar refractivity (Wildman–Crippen MR) is 92.9 cm³/mol. The summed E-state index contributed by atoms with van der Waals surface area (Å²) in [7, 11) is 0. The summed E-state index contributed by atoms with van der Waals surface area (Å²) in [5, 5.41) is 16.0. The van der Waals surface area contributed by atoms with Crippen LogP contribution in [0.15, 0.2) is 52.5 Å². The highest BCUT2D eigenvalue weighted by Crippen LogP contribution is 2.24. The third-order valence-electron chi connectivity index (χ3n) is 3.64. The zero-order valence-corrected chi connectivity index (χ0v) is 14.3. The van der Waals surface area contributed by atoms with E-state index in [4.69, 9.17) is 4.42 Å². The second kappa shape index (κ2) is 6.59. The predicted octanol–water partition coefficient (Wildman–Crippen LogP) is 3.35. The molecule has 0 bridgehead atoms. The van der Waals surface area contributed by atoms with E-state index in [-0.39, 0.29) is 12.5 Å². The van der Waals surface area contributed by atoms with E-state index in [2.05, 4.69) is 10.3 Å². The van der Waals surface area contributed by atoms with Crippen LogP contribution >= 0.6 is 11.3 Å². The van der Waals surface area contributed by atoms with Crippen LogP contribution < -0.4 is 5.32 Å². The standard InChI is InChI=1S/C18H18N2O3S/c1-12-10-24-17(20-12)14-6-3-5-13(9-14)16(21)19-11-18(2,22)15-7-4-8-23-15/h3-10,22H,11H2,1-2H3,(H,19,21). The van der Waals surface area contributed by atoms with Gasteiger partial charge < -0.3 is 14.8 Å². The molecule has 3 aromatic rings. The molecule has 1 amide bonds. The summed E-state index contributed by atoms with van der Waals surface area (Å²) in [6, 6.07) is 10.7. The summed E-state index contributed by atoms with van der Waals surface area (Å²) in [6.45, 7) is 3.59. The Labute approximate surface area is 144 Å². The highest BCUT2D eigenvalue weighted by molar-refractivity contribution is 7.13. The molecule has 0 saturated heterocycles. The van der Waals surface area contributed by atoms with Gasteiger partial charge in [-0.3, -0.25) is 4.79 Å². The fraction of sp³-hybridized carbons (Fsp3) is 0.222. The number of aromatic nitrogens is 1. The molecule has 5 nitrogen and oxygen atoms in total. The first-order valence-electron chi connectivity index (χ1n) is 7.53. The Morgan fingerprint density at radius 3 is 2.88 bits per heavy atom. The number of carbonyl (C=O) groups is 1. The maximum atomic E-state index is 12.4. The van der Waals surface area contributed by atoms with Gasteiger partial charge in [-0.1, -0.05) is 12.1 Å². The van der Waals surface area contributed by atoms with Gasteiger partial charge in [0.25, 0.3) is 5.91 Å². The number of benzene rings is 1. The Morgan fingerprint density at radius 2 is 2.21 bits per heavy atom. The number of aliphatic hydroxyl groups is 1. The molecule has 2 N–H and O–H groups in total. The van der Waals surface area contributed by atoms with E-state index in [1.54, 1.807) is 42.5 Å². The topological polar surface area (TPSA) is 75.4 Å². The van der Waals surface area contributed by atoms with Gasteiger partial charge in [0, 0.05) is 22.2 Å². The summed E-state index contributed by atoms with van der Waals surface area (Å²) in [5.41, 5.74) is 1.12. The first kappa shape index (κ1) is 16.4. The van der Waals surface area contributed by atoms with Gasteiger partial charge in [0.15, 0.2) is 0 Å². The molecule has 0 aliphatic carbocycles. The van der Waals surface area contributed by atoms with Crippen molar-refractivity contribution in [2.45, 2.75) is 19.4 Å². The van der Waals surface area contributed by atoms with Crippen LogP contribution in [-0.2, 0) is 5.60 Å². The number of carbonyl (C=O) groups excluding carboxylic acids is 1. The van der Waals surface area contributed by atoms with Crippen molar-refractivity contribution in [1.82, 2.24) is 10.3 Å². The van der Waals surface area contributed by atoms with E-state index >= 15 is 0 Å². The number of hydrogen-bond donors (Lipinski definition) is 2. The summed E-state index contributed by atoms with van der Waals surface area (Å²) >= 11 is 1.54. The third-order valence-corrected chi connectivity index (χ3v) is 4.65. The van der Waals surface area contributed by atoms with Crippen LogP contribution in [0.2, 0.25) is 0 Å². The van der Waals surface area contributed by atoms with Crippen molar-refractivity contribution in [2.24, 2.45) is 0 Å². The minimum atomic E-state index is -1.26. The lowest BCUT2D eigenvalue weighted by Gasteiger charge is -2.21. The van der Waals surface area contributed by atoms with E-state index in [1.807, 2.05) is 24.4 Å². The second-order valence-electron chi connectivity index (χ2n) is 5.81. The van der Waals surface area contributed by atoms with E-state index in [9.17, 15) is 9.90 Å². The number of rotatable bonds is 5. The first-order chi connectivity index (χ1) is 11.5. The Hall–Kier alpha value is -2.44. The van der Waals surface area contributed by atoms with Crippen LogP contribution in [0.1, 0.15) is 28.7 Å². The molecule has 0 saturated carbocycles. The first-order valence-corrected chi connectivity index (χ1v) is 8.41. The maximum absolute atomic E-state index is 12.4. The second-order valence-corrected chi connectivity index (χ2v) is 6.67. The summed E-state index contributed by atoms with van der Waals surface area (Å²) in [4.78, 5) is 16.8. The number of nitrogens with zero attached hydrogens (tertiary/aromatic N) is 1. The van der Waals surface area contributed by atoms with E-state index < -0.39 is 5.60 Å². The largest absolute Gasteiger partial charge is 0.466 e. The zero-order valence-electron chi connectivity index (χ0n) is 13.4. The van der Waals surface area contributed by atoms with Crippen molar-refractivity contribution in [3.8, 4) is 10.6 Å². The quantitative estimate of drug-likeness (QED) is 0.745. The van der Waals surface area contributed by atoms with Crippen molar-refractivity contribution in [1.29, 1.82) is 0 Å². The number of hydrogen-bond acceptors (Lipinski definition) is 5. The van der Waals surface area contributed by atoms with Crippen molar-refractivity contribution < 1.29 is 14.3 Å². The summed E-state index contributed by atoms with van der Waals surface area (Å²) < 4.78 is 5.21. The molecule has 1 aromatic carbocycles. The van der Waals surface area contributed by atoms with Crippen LogP contribution in [0.4, 0.5) is 0 Å². The molecule has 1 unspecified atom stereocenters. The molecule has 0 fully saturated rings. The van der Waals surface area contributed by atoms with Crippen LogP contribution in [0.5, 0.6) is 0 Å². The number of amides is 1. The molecule has 2 heterocycles. The molecule has 124 valence electrons. The van der Waals surface area contributed by atoms with E-state index in [0.29, 0.717) is 11.3 Å². The maximum Gasteiger partial charge on any atom is 0.251 e. The van der Waals surface area contributed by atoms with Crippen molar-refractivity contribution in [3.05, 3.63) is 65.1 Å². The molecule has 0 aliphatic heterocycles. The van der Waals surface area contributed by atoms with Gasteiger partial charge >= 0.3 is 0 Å².